The molecular formula is C14H16IN5O. The number of nitrogens with zero attached hydrogens (tertiary/aromatic N) is 5. The number of morpholine rings is 1. The first-order valence-corrected chi connectivity index (χ1v) is 7.82. The van der Waals surface area contributed by atoms with Crippen molar-refractivity contribution in [3.8, 4) is 0 Å². The van der Waals surface area contributed by atoms with E-state index in [0.717, 1.165) is 33.9 Å². The molecule has 0 aromatic carbocycles. The molecule has 0 aliphatic carbocycles. The van der Waals surface area contributed by atoms with Crippen LogP contribution in [0.15, 0.2) is 19.2 Å². The van der Waals surface area contributed by atoms with Gasteiger partial charge in [-0.15, -0.1) is 6.58 Å². The molecule has 0 radical (unpaired) electrons. The zero-order valence-corrected chi connectivity index (χ0v) is 13.8. The second kappa shape index (κ2) is 6.10. The molecule has 2 aromatic rings. The van der Waals surface area contributed by atoms with Crippen molar-refractivity contribution in [2.24, 2.45) is 0 Å². The van der Waals surface area contributed by atoms with E-state index < -0.39 is 0 Å². The molecule has 0 atom stereocenters. The smallest absolute Gasteiger partial charge is 0.174 e. The Kier molecular flexibility index (Phi) is 4.20. The average molecular weight is 397 g/mol. The van der Waals surface area contributed by atoms with Crippen LogP contribution >= 0.6 is 22.6 Å². The summed E-state index contributed by atoms with van der Waals surface area (Å²) in [5.74, 6) is 1.48. The number of allylic oxidation sites excluding steroid dienone is 1. The highest BCUT2D eigenvalue weighted by Gasteiger charge is 2.21. The summed E-state index contributed by atoms with van der Waals surface area (Å²) in [4.78, 5) is 16.0. The molecule has 1 saturated heterocycles. The summed E-state index contributed by atoms with van der Waals surface area (Å²) in [5.41, 5.74) is 1.65. The van der Waals surface area contributed by atoms with Gasteiger partial charge in [0.2, 0.25) is 0 Å². The molecule has 0 spiro atoms. The molecule has 0 bridgehead atoms. The quantitative estimate of drug-likeness (QED) is 0.450. The monoisotopic (exact) mass is 397 g/mol. The second-order valence-corrected chi connectivity index (χ2v) is 5.63. The first-order valence-electron chi connectivity index (χ1n) is 6.74. The van der Waals surface area contributed by atoms with E-state index in [4.69, 9.17) is 4.74 Å². The number of imidazole rings is 1. The van der Waals surface area contributed by atoms with Gasteiger partial charge in [0.15, 0.2) is 26.6 Å². The van der Waals surface area contributed by atoms with E-state index in [9.17, 15) is 0 Å². The maximum absolute atomic E-state index is 5.41. The highest BCUT2D eigenvalue weighted by atomic mass is 127. The van der Waals surface area contributed by atoms with Gasteiger partial charge in [0, 0.05) is 42.2 Å². The Balaban J connectivity index is 2.19. The summed E-state index contributed by atoms with van der Waals surface area (Å²) < 4.78 is 8.32. The van der Waals surface area contributed by atoms with Gasteiger partial charge in [0.1, 0.15) is 0 Å². The van der Waals surface area contributed by atoms with E-state index in [2.05, 4.69) is 55.6 Å². The molecule has 0 saturated carbocycles. The molecule has 1 aliphatic rings. The predicted octanol–water partition coefficient (Wildman–Crippen LogP) is 2.10. The fourth-order valence-electron chi connectivity index (χ4n) is 2.35. The molecule has 1 fully saturated rings. The summed E-state index contributed by atoms with van der Waals surface area (Å²) in [7, 11) is 0. The molecule has 0 N–H and O–H groups in total. The van der Waals surface area contributed by atoms with Gasteiger partial charge in [0.05, 0.1) is 13.2 Å². The van der Waals surface area contributed by atoms with Crippen LogP contribution in [-0.2, 0) is 11.3 Å². The zero-order chi connectivity index (χ0) is 14.8. The maximum atomic E-state index is 5.41. The fraction of sp³-hybridized carbons (Fsp3) is 0.357. The minimum atomic E-state index is 0.616. The number of hydrogen-bond acceptors (Lipinski definition) is 5. The molecule has 7 heteroatoms. The Labute approximate surface area is 136 Å². The van der Waals surface area contributed by atoms with Crippen LogP contribution in [0.4, 0.5) is 5.82 Å². The van der Waals surface area contributed by atoms with Crippen molar-refractivity contribution in [3.63, 3.8) is 0 Å². The van der Waals surface area contributed by atoms with Crippen LogP contribution in [0.1, 0.15) is 5.82 Å². The van der Waals surface area contributed by atoms with Gasteiger partial charge in [-0.2, -0.15) is 0 Å². The van der Waals surface area contributed by atoms with Crippen molar-refractivity contribution in [2.45, 2.75) is 6.54 Å². The molecule has 2 aromatic heterocycles. The minimum absolute atomic E-state index is 0.616. The molecule has 110 valence electrons. The fourth-order valence-corrected chi connectivity index (χ4v) is 3.02. The van der Waals surface area contributed by atoms with E-state index in [1.165, 1.54) is 0 Å². The van der Waals surface area contributed by atoms with E-state index in [0.29, 0.717) is 25.6 Å². The molecule has 0 unspecified atom stereocenters. The molecule has 1 aliphatic heterocycles. The Hall–Kier alpha value is -1.48. The van der Waals surface area contributed by atoms with Gasteiger partial charge in [-0.05, 0) is 6.08 Å². The summed E-state index contributed by atoms with van der Waals surface area (Å²) in [6, 6.07) is 0. The Bertz CT molecular complexity index is 690. The Morgan fingerprint density at radius 3 is 2.62 bits per heavy atom. The number of aromatic nitrogens is 4. The van der Waals surface area contributed by atoms with Gasteiger partial charge in [-0.1, -0.05) is 12.7 Å². The maximum Gasteiger partial charge on any atom is 0.174 e. The summed E-state index contributed by atoms with van der Waals surface area (Å²) >= 11 is 2.22. The Morgan fingerprint density at radius 2 is 1.95 bits per heavy atom. The van der Waals surface area contributed by atoms with Gasteiger partial charge in [0.25, 0.3) is 0 Å². The Morgan fingerprint density at radius 1 is 1.19 bits per heavy atom. The SMILES string of the molecule is C=CCn1c(I)nc2c(N3CCOCC3)nc(C=C)nc21. The third kappa shape index (κ3) is 2.67. The molecule has 6 nitrogen and oxygen atoms in total. The largest absolute Gasteiger partial charge is 0.378 e. The van der Waals surface area contributed by atoms with Crippen molar-refractivity contribution in [1.82, 2.24) is 19.5 Å². The molecule has 3 rings (SSSR count). The minimum Gasteiger partial charge on any atom is -0.378 e. The summed E-state index contributed by atoms with van der Waals surface area (Å²) in [5, 5.41) is 0. The highest BCUT2D eigenvalue weighted by Crippen LogP contribution is 2.26. The van der Waals surface area contributed by atoms with Crippen LogP contribution in [0.25, 0.3) is 17.2 Å². The summed E-state index contributed by atoms with van der Waals surface area (Å²) in [6.07, 6.45) is 3.51. The predicted molar refractivity (Wildman–Crippen MR) is 91.4 cm³/mol. The third-order valence-corrected chi connectivity index (χ3v) is 4.18. The second-order valence-electron chi connectivity index (χ2n) is 4.66. The van der Waals surface area contributed by atoms with E-state index >= 15 is 0 Å². The molecule has 3 heterocycles. The average Bonchev–Trinajstić information content (AvgIpc) is 2.84. The first kappa shape index (κ1) is 14.5. The van der Waals surface area contributed by atoms with Crippen LogP contribution in [0.3, 0.4) is 0 Å². The third-order valence-electron chi connectivity index (χ3n) is 3.35. The number of anilines is 1. The van der Waals surface area contributed by atoms with Crippen LogP contribution in [0.2, 0.25) is 0 Å². The lowest BCUT2D eigenvalue weighted by Crippen LogP contribution is -2.37. The van der Waals surface area contributed by atoms with Crippen LogP contribution < -0.4 is 4.90 Å². The van der Waals surface area contributed by atoms with Crippen molar-refractivity contribution >= 4 is 45.6 Å². The first-order chi connectivity index (χ1) is 10.2. The normalized spacial score (nSPS) is 15.4. The lowest BCUT2D eigenvalue weighted by molar-refractivity contribution is 0.122. The number of halogens is 1. The molecular weight excluding hydrogens is 381 g/mol. The van der Waals surface area contributed by atoms with Crippen molar-refractivity contribution in [2.75, 3.05) is 31.2 Å². The molecule has 0 amide bonds. The van der Waals surface area contributed by atoms with Gasteiger partial charge < -0.3 is 14.2 Å². The lowest BCUT2D eigenvalue weighted by atomic mass is 10.3. The highest BCUT2D eigenvalue weighted by molar-refractivity contribution is 14.1. The standard InChI is InChI=1S/C14H16IN5O/c1-3-5-20-13-11(18-14(20)15)12(16-10(4-2)17-13)19-6-8-21-9-7-19/h3-4H,1-2,5-9H2. The van der Waals surface area contributed by atoms with E-state index in [-0.39, 0.29) is 0 Å². The van der Waals surface area contributed by atoms with E-state index in [1.54, 1.807) is 6.08 Å². The van der Waals surface area contributed by atoms with Crippen molar-refractivity contribution in [3.05, 3.63) is 28.9 Å². The number of hydrogen-bond donors (Lipinski definition) is 0. The van der Waals surface area contributed by atoms with Crippen molar-refractivity contribution in [1.29, 1.82) is 0 Å². The van der Waals surface area contributed by atoms with Crippen LogP contribution in [0.5, 0.6) is 0 Å². The van der Waals surface area contributed by atoms with Gasteiger partial charge in [-0.3, -0.25) is 0 Å². The molecule has 21 heavy (non-hydrogen) atoms. The van der Waals surface area contributed by atoms with Crippen molar-refractivity contribution < 1.29 is 4.74 Å². The van der Waals surface area contributed by atoms with Gasteiger partial charge in [-0.25, -0.2) is 15.0 Å². The number of ether oxygens (including phenoxy) is 1. The van der Waals surface area contributed by atoms with Crippen LogP contribution in [-0.4, -0.2) is 45.8 Å². The topological polar surface area (TPSA) is 56.1 Å². The zero-order valence-electron chi connectivity index (χ0n) is 11.6. The van der Waals surface area contributed by atoms with Crippen LogP contribution in [0, 0.1) is 3.83 Å². The number of rotatable bonds is 4. The summed E-state index contributed by atoms with van der Waals surface area (Å²) in [6.45, 7) is 11.3. The lowest BCUT2D eigenvalue weighted by Gasteiger charge is -2.27. The van der Waals surface area contributed by atoms with E-state index in [1.807, 2.05) is 10.6 Å². The van der Waals surface area contributed by atoms with Gasteiger partial charge >= 0.3 is 0 Å². The number of fused-ring (bicyclic) bond motifs is 1.